The Morgan fingerprint density at radius 1 is 1.38 bits per heavy atom. The van der Waals surface area contributed by atoms with Crippen molar-refractivity contribution in [3.05, 3.63) is 29.3 Å². The molecule has 0 aromatic heterocycles. The second kappa shape index (κ2) is 6.94. The van der Waals surface area contributed by atoms with Gasteiger partial charge in [0.05, 0.1) is 12.7 Å². The zero-order valence-electron chi connectivity index (χ0n) is 13.5. The number of piperidine rings is 1. The molecule has 1 saturated heterocycles. The standard InChI is InChI=1S/C17H26N2O2/c1-12-5-6-16(15(11-12)17(20)21-4)18-13(2)14-7-9-19(3)10-8-14/h5-6,11,13-14,18H,7-10H2,1-4H3. The Morgan fingerprint density at radius 2 is 2.05 bits per heavy atom. The van der Waals surface area contributed by atoms with Crippen LogP contribution >= 0.6 is 0 Å². The molecular formula is C17H26N2O2. The van der Waals surface area contributed by atoms with Gasteiger partial charge in [-0.05, 0) is 64.9 Å². The Balaban J connectivity index is 2.09. The van der Waals surface area contributed by atoms with Crippen LogP contribution < -0.4 is 5.32 Å². The molecule has 2 rings (SSSR count). The van der Waals surface area contributed by atoms with Crippen LogP contribution in [0.1, 0.15) is 35.7 Å². The van der Waals surface area contributed by atoms with Crippen LogP contribution in [0.15, 0.2) is 18.2 Å². The lowest BCUT2D eigenvalue weighted by atomic mass is 9.90. The van der Waals surface area contributed by atoms with E-state index in [9.17, 15) is 4.79 Å². The van der Waals surface area contributed by atoms with E-state index in [0.717, 1.165) is 24.3 Å². The summed E-state index contributed by atoms with van der Waals surface area (Å²) in [6.07, 6.45) is 2.40. The first-order valence-electron chi connectivity index (χ1n) is 7.65. The molecule has 1 aliphatic heterocycles. The predicted octanol–water partition coefficient (Wildman–Crippen LogP) is 2.92. The van der Waals surface area contributed by atoms with E-state index in [1.54, 1.807) is 0 Å². The smallest absolute Gasteiger partial charge is 0.339 e. The van der Waals surface area contributed by atoms with Crippen molar-refractivity contribution in [2.45, 2.75) is 32.7 Å². The molecule has 1 aromatic rings. The van der Waals surface area contributed by atoms with Gasteiger partial charge in [0.1, 0.15) is 0 Å². The Bertz CT molecular complexity index is 494. The molecule has 0 aliphatic carbocycles. The van der Waals surface area contributed by atoms with Gasteiger partial charge in [-0.3, -0.25) is 0 Å². The molecule has 1 heterocycles. The Kier molecular flexibility index (Phi) is 5.23. The topological polar surface area (TPSA) is 41.6 Å². The van der Waals surface area contributed by atoms with Crippen LogP contribution in [0.3, 0.4) is 0 Å². The van der Waals surface area contributed by atoms with Crippen LogP contribution in [0, 0.1) is 12.8 Å². The van der Waals surface area contributed by atoms with Gasteiger partial charge in [-0.25, -0.2) is 4.79 Å². The van der Waals surface area contributed by atoms with Crippen molar-refractivity contribution in [2.24, 2.45) is 5.92 Å². The van der Waals surface area contributed by atoms with Crippen molar-refractivity contribution in [1.29, 1.82) is 0 Å². The highest BCUT2D eigenvalue weighted by Gasteiger charge is 2.23. The number of hydrogen-bond donors (Lipinski definition) is 1. The maximum atomic E-state index is 11.9. The maximum Gasteiger partial charge on any atom is 0.339 e. The summed E-state index contributed by atoms with van der Waals surface area (Å²) in [6.45, 7) is 6.48. The molecule has 0 amide bonds. The van der Waals surface area contributed by atoms with Gasteiger partial charge in [0.25, 0.3) is 0 Å². The molecule has 116 valence electrons. The van der Waals surface area contributed by atoms with Gasteiger partial charge in [-0.2, -0.15) is 0 Å². The number of methoxy groups -OCH3 is 1. The second-order valence-corrected chi connectivity index (χ2v) is 6.11. The van der Waals surface area contributed by atoms with E-state index in [0.29, 0.717) is 17.5 Å². The summed E-state index contributed by atoms with van der Waals surface area (Å²) < 4.78 is 4.89. The molecule has 1 aromatic carbocycles. The molecular weight excluding hydrogens is 264 g/mol. The van der Waals surface area contributed by atoms with Crippen molar-refractivity contribution < 1.29 is 9.53 Å². The number of rotatable bonds is 4. The molecule has 21 heavy (non-hydrogen) atoms. The van der Waals surface area contributed by atoms with Crippen molar-refractivity contribution in [1.82, 2.24) is 4.90 Å². The quantitative estimate of drug-likeness (QED) is 0.866. The van der Waals surface area contributed by atoms with Crippen LogP contribution in [0.2, 0.25) is 0 Å². The van der Waals surface area contributed by atoms with Crippen LogP contribution in [0.5, 0.6) is 0 Å². The van der Waals surface area contributed by atoms with E-state index < -0.39 is 0 Å². The first-order chi connectivity index (χ1) is 10.0. The van der Waals surface area contributed by atoms with Crippen molar-refractivity contribution in [2.75, 3.05) is 32.6 Å². The summed E-state index contributed by atoms with van der Waals surface area (Å²) in [6, 6.07) is 6.24. The maximum absolute atomic E-state index is 11.9. The highest BCUT2D eigenvalue weighted by molar-refractivity contribution is 5.95. The van der Waals surface area contributed by atoms with Gasteiger partial charge in [0, 0.05) is 11.7 Å². The predicted molar refractivity (Wildman–Crippen MR) is 85.8 cm³/mol. The Hall–Kier alpha value is -1.55. The SMILES string of the molecule is COC(=O)c1cc(C)ccc1NC(C)C1CCN(C)CC1. The lowest BCUT2D eigenvalue weighted by molar-refractivity contribution is 0.0601. The van der Waals surface area contributed by atoms with E-state index in [4.69, 9.17) is 4.74 Å². The third kappa shape index (κ3) is 3.97. The highest BCUT2D eigenvalue weighted by Crippen LogP contribution is 2.25. The van der Waals surface area contributed by atoms with Crippen LogP contribution in [-0.4, -0.2) is 44.2 Å². The normalized spacial score (nSPS) is 18.3. The number of anilines is 1. The van der Waals surface area contributed by atoms with E-state index in [-0.39, 0.29) is 5.97 Å². The highest BCUT2D eigenvalue weighted by atomic mass is 16.5. The summed E-state index contributed by atoms with van der Waals surface area (Å²) in [7, 11) is 3.60. The van der Waals surface area contributed by atoms with E-state index in [1.165, 1.54) is 20.0 Å². The fourth-order valence-electron chi connectivity index (χ4n) is 2.95. The van der Waals surface area contributed by atoms with Crippen LogP contribution in [0.4, 0.5) is 5.69 Å². The van der Waals surface area contributed by atoms with E-state index in [2.05, 4.69) is 24.2 Å². The monoisotopic (exact) mass is 290 g/mol. The minimum absolute atomic E-state index is 0.281. The first kappa shape index (κ1) is 15.8. The van der Waals surface area contributed by atoms with Crippen LogP contribution in [-0.2, 0) is 4.74 Å². The first-order valence-corrected chi connectivity index (χ1v) is 7.65. The molecule has 1 N–H and O–H groups in total. The number of aryl methyl sites for hydroxylation is 1. The zero-order chi connectivity index (χ0) is 15.4. The molecule has 0 radical (unpaired) electrons. The fourth-order valence-corrected chi connectivity index (χ4v) is 2.95. The molecule has 0 spiro atoms. The summed E-state index contributed by atoms with van der Waals surface area (Å²) in [5, 5.41) is 3.52. The van der Waals surface area contributed by atoms with Gasteiger partial charge >= 0.3 is 5.97 Å². The minimum atomic E-state index is -0.281. The number of benzene rings is 1. The van der Waals surface area contributed by atoms with Crippen molar-refractivity contribution in [3.8, 4) is 0 Å². The van der Waals surface area contributed by atoms with Gasteiger partial charge in [-0.15, -0.1) is 0 Å². The van der Waals surface area contributed by atoms with Gasteiger partial charge in [0.2, 0.25) is 0 Å². The number of nitrogens with one attached hydrogen (secondary N) is 1. The molecule has 1 atom stereocenters. The average molecular weight is 290 g/mol. The molecule has 1 unspecified atom stereocenters. The molecule has 1 aliphatic rings. The van der Waals surface area contributed by atoms with Gasteiger partial charge in [0.15, 0.2) is 0 Å². The number of esters is 1. The number of nitrogens with zero attached hydrogens (tertiary/aromatic N) is 1. The number of ether oxygens (including phenoxy) is 1. The molecule has 0 bridgehead atoms. The van der Waals surface area contributed by atoms with Gasteiger partial charge < -0.3 is 15.0 Å². The molecule has 1 fully saturated rings. The fraction of sp³-hybridized carbons (Fsp3) is 0.588. The number of carbonyl (C=O) groups excluding carboxylic acids is 1. The Labute approximate surface area is 127 Å². The summed E-state index contributed by atoms with van der Waals surface area (Å²) >= 11 is 0. The van der Waals surface area contributed by atoms with Crippen molar-refractivity contribution >= 4 is 11.7 Å². The number of hydrogen-bond acceptors (Lipinski definition) is 4. The Morgan fingerprint density at radius 3 is 2.67 bits per heavy atom. The van der Waals surface area contributed by atoms with E-state index in [1.807, 2.05) is 25.1 Å². The zero-order valence-corrected chi connectivity index (χ0v) is 13.5. The molecule has 4 heteroatoms. The average Bonchev–Trinajstić information content (AvgIpc) is 2.48. The van der Waals surface area contributed by atoms with Crippen LogP contribution in [0.25, 0.3) is 0 Å². The summed E-state index contributed by atoms with van der Waals surface area (Å²) in [5.74, 6) is 0.366. The summed E-state index contributed by atoms with van der Waals surface area (Å²) in [4.78, 5) is 14.3. The van der Waals surface area contributed by atoms with E-state index >= 15 is 0 Å². The summed E-state index contributed by atoms with van der Waals surface area (Å²) in [5.41, 5.74) is 2.56. The lowest BCUT2D eigenvalue weighted by Gasteiger charge is -2.33. The minimum Gasteiger partial charge on any atom is -0.465 e. The van der Waals surface area contributed by atoms with Crippen molar-refractivity contribution in [3.63, 3.8) is 0 Å². The number of carbonyl (C=O) groups is 1. The third-order valence-corrected chi connectivity index (χ3v) is 4.43. The number of likely N-dealkylation sites (tertiary alicyclic amines) is 1. The third-order valence-electron chi connectivity index (χ3n) is 4.43. The second-order valence-electron chi connectivity index (χ2n) is 6.11. The van der Waals surface area contributed by atoms with Gasteiger partial charge in [-0.1, -0.05) is 11.6 Å². The molecule has 4 nitrogen and oxygen atoms in total. The lowest BCUT2D eigenvalue weighted by Crippen LogP contribution is -2.37. The molecule has 0 saturated carbocycles. The largest absolute Gasteiger partial charge is 0.465 e.